The minimum atomic E-state index is -0.923. The lowest BCUT2D eigenvalue weighted by atomic mass is 9.50. The second kappa shape index (κ2) is 6.64. The molecule has 1 unspecified atom stereocenters. The van der Waals surface area contributed by atoms with E-state index < -0.39 is 5.54 Å². The molecule has 9 fully saturated rings. The third-order valence-corrected chi connectivity index (χ3v) is 11.4. The van der Waals surface area contributed by atoms with Crippen LogP contribution in [-0.2, 0) is 15.1 Å². The van der Waals surface area contributed by atoms with Crippen LogP contribution in [0.25, 0.3) is 0 Å². The lowest BCUT2D eigenvalue weighted by Gasteiger charge is -2.67. The minimum absolute atomic E-state index is 0.0562. The molecule has 1 saturated heterocycles. The molecule has 1 aliphatic heterocycles. The van der Waals surface area contributed by atoms with E-state index in [0.717, 1.165) is 79.7 Å². The number of carbonyl (C=O) groups is 2. The Morgan fingerprint density at radius 1 is 0.824 bits per heavy atom. The summed E-state index contributed by atoms with van der Waals surface area (Å²) < 4.78 is 0. The molecule has 10 rings (SSSR count). The van der Waals surface area contributed by atoms with Gasteiger partial charge in [0.25, 0.3) is 5.91 Å². The number of carbonyl (C=O) groups excluding carboxylic acids is 2. The van der Waals surface area contributed by atoms with Gasteiger partial charge in [0.1, 0.15) is 0 Å². The van der Waals surface area contributed by atoms with Gasteiger partial charge in [-0.3, -0.25) is 14.6 Å². The SMILES string of the molecule is O=C1CC(C(=O)NC23CC4CC(CC(C4)C2)C3)(c2ccccn2)N1C12CC3CC(CC(C3)C1)C2. The van der Waals surface area contributed by atoms with Crippen LogP contribution in [0.15, 0.2) is 24.4 Å². The smallest absolute Gasteiger partial charge is 0.253 e. The van der Waals surface area contributed by atoms with Gasteiger partial charge in [-0.2, -0.15) is 0 Å². The number of pyridine rings is 1. The van der Waals surface area contributed by atoms with E-state index in [-0.39, 0.29) is 29.3 Å². The van der Waals surface area contributed by atoms with Gasteiger partial charge in [-0.1, -0.05) is 6.07 Å². The van der Waals surface area contributed by atoms with Crippen molar-refractivity contribution in [2.45, 2.75) is 100 Å². The van der Waals surface area contributed by atoms with E-state index in [1.807, 2.05) is 18.2 Å². The predicted octanol–water partition coefficient (Wildman–Crippen LogP) is 4.56. The minimum Gasteiger partial charge on any atom is -0.348 e. The van der Waals surface area contributed by atoms with E-state index in [0.29, 0.717) is 0 Å². The van der Waals surface area contributed by atoms with Crippen LogP contribution in [0.1, 0.15) is 89.2 Å². The van der Waals surface area contributed by atoms with Crippen molar-refractivity contribution in [3.05, 3.63) is 30.1 Å². The van der Waals surface area contributed by atoms with Gasteiger partial charge < -0.3 is 10.2 Å². The van der Waals surface area contributed by atoms with Crippen molar-refractivity contribution in [3.63, 3.8) is 0 Å². The van der Waals surface area contributed by atoms with Crippen molar-refractivity contribution in [1.29, 1.82) is 0 Å². The Hall–Kier alpha value is -1.91. The molecular weight excluding hydrogens is 422 g/mol. The van der Waals surface area contributed by atoms with E-state index >= 15 is 0 Å². The summed E-state index contributed by atoms with van der Waals surface area (Å²) in [4.78, 5) is 34.9. The molecule has 0 radical (unpaired) electrons. The zero-order valence-corrected chi connectivity index (χ0v) is 20.2. The molecule has 1 N–H and O–H groups in total. The van der Waals surface area contributed by atoms with Crippen molar-refractivity contribution in [2.75, 3.05) is 0 Å². The fourth-order valence-electron chi connectivity index (χ4n) is 11.2. The molecule has 34 heavy (non-hydrogen) atoms. The number of β-lactam (4-membered cyclic amide) rings is 1. The highest BCUT2D eigenvalue weighted by atomic mass is 16.2. The highest BCUT2D eigenvalue weighted by molar-refractivity contribution is 6.02. The number of rotatable bonds is 4. The molecule has 5 nitrogen and oxygen atoms in total. The summed E-state index contributed by atoms with van der Waals surface area (Å²) in [5.41, 5.74) is -0.333. The number of aromatic nitrogens is 1. The molecule has 5 heteroatoms. The molecule has 1 atom stereocenters. The molecule has 180 valence electrons. The summed E-state index contributed by atoms with van der Waals surface area (Å²) in [6.45, 7) is 0. The van der Waals surface area contributed by atoms with Crippen molar-refractivity contribution in [3.8, 4) is 0 Å². The van der Waals surface area contributed by atoms with Crippen molar-refractivity contribution in [2.24, 2.45) is 35.5 Å². The normalized spacial score (nSPS) is 49.9. The third kappa shape index (κ3) is 2.65. The first-order valence-electron chi connectivity index (χ1n) is 14.0. The van der Waals surface area contributed by atoms with Crippen LogP contribution in [-0.4, -0.2) is 32.8 Å². The summed E-state index contributed by atoms with van der Waals surface area (Å²) in [7, 11) is 0. The van der Waals surface area contributed by atoms with Crippen LogP contribution in [0.3, 0.4) is 0 Å². The van der Waals surface area contributed by atoms with Crippen LogP contribution in [0, 0.1) is 35.5 Å². The average Bonchev–Trinajstić information content (AvgIpc) is 2.75. The largest absolute Gasteiger partial charge is 0.348 e. The van der Waals surface area contributed by atoms with Gasteiger partial charge in [0, 0.05) is 17.3 Å². The number of likely N-dealkylation sites (tertiary alicyclic amines) is 1. The molecule has 1 aromatic heterocycles. The Balaban J connectivity index is 1.19. The van der Waals surface area contributed by atoms with Gasteiger partial charge in [-0.15, -0.1) is 0 Å². The van der Waals surface area contributed by atoms with Gasteiger partial charge in [0.2, 0.25) is 5.91 Å². The zero-order valence-electron chi connectivity index (χ0n) is 20.2. The standard InChI is InChI=1S/C29H37N3O2/c33-25-17-29(24-3-1-2-4-30-24,32(25)28-14-21-8-22(15-28)10-23(9-21)16-28)26(34)31-27-11-18-5-19(12-27)7-20(6-18)13-27/h1-4,18-23H,5-17H2,(H,31,34). The molecule has 2 amide bonds. The third-order valence-electron chi connectivity index (χ3n) is 11.4. The number of nitrogens with zero attached hydrogens (tertiary/aromatic N) is 2. The van der Waals surface area contributed by atoms with Crippen LogP contribution < -0.4 is 5.32 Å². The van der Waals surface area contributed by atoms with Gasteiger partial charge in [0.05, 0.1) is 12.1 Å². The van der Waals surface area contributed by atoms with Crippen molar-refractivity contribution >= 4 is 11.8 Å². The summed E-state index contributed by atoms with van der Waals surface area (Å²) in [5.74, 6) is 4.77. The lowest BCUT2D eigenvalue weighted by Crippen LogP contribution is -2.78. The van der Waals surface area contributed by atoms with Gasteiger partial charge >= 0.3 is 0 Å². The summed E-state index contributed by atoms with van der Waals surface area (Å²) in [6, 6.07) is 5.91. The topological polar surface area (TPSA) is 62.3 Å². The van der Waals surface area contributed by atoms with Crippen LogP contribution in [0.5, 0.6) is 0 Å². The van der Waals surface area contributed by atoms with Gasteiger partial charge in [-0.05, 0) is 125 Å². The van der Waals surface area contributed by atoms with E-state index in [1.54, 1.807) is 6.20 Å². The molecule has 8 aliphatic carbocycles. The highest BCUT2D eigenvalue weighted by Gasteiger charge is 2.69. The molecule has 2 heterocycles. The molecule has 1 aromatic rings. The van der Waals surface area contributed by atoms with E-state index in [1.165, 1.54) is 38.5 Å². The molecule has 0 spiro atoms. The van der Waals surface area contributed by atoms with Gasteiger partial charge in [-0.25, -0.2) is 0 Å². The maximum atomic E-state index is 14.5. The van der Waals surface area contributed by atoms with Crippen molar-refractivity contribution < 1.29 is 9.59 Å². The number of hydrogen-bond donors (Lipinski definition) is 1. The maximum absolute atomic E-state index is 14.5. The second-order valence-corrected chi connectivity index (χ2v) is 13.8. The van der Waals surface area contributed by atoms with E-state index in [9.17, 15) is 9.59 Å². The predicted molar refractivity (Wildman–Crippen MR) is 127 cm³/mol. The van der Waals surface area contributed by atoms with E-state index in [2.05, 4.69) is 10.2 Å². The fraction of sp³-hybridized carbons (Fsp3) is 0.759. The summed E-state index contributed by atoms with van der Waals surface area (Å²) in [6.07, 6.45) is 16.8. The zero-order chi connectivity index (χ0) is 22.7. The number of hydrogen-bond acceptors (Lipinski definition) is 3. The highest BCUT2D eigenvalue weighted by Crippen LogP contribution is 2.63. The second-order valence-electron chi connectivity index (χ2n) is 13.8. The molecule has 8 bridgehead atoms. The number of amides is 2. The first-order valence-corrected chi connectivity index (χ1v) is 14.0. The summed E-state index contributed by atoms with van der Waals surface area (Å²) in [5, 5.41) is 3.68. The van der Waals surface area contributed by atoms with Crippen LogP contribution in [0.4, 0.5) is 0 Å². The quantitative estimate of drug-likeness (QED) is 0.672. The first-order chi connectivity index (χ1) is 16.5. The molecule has 8 saturated carbocycles. The monoisotopic (exact) mass is 459 g/mol. The molecular formula is C29H37N3O2. The van der Waals surface area contributed by atoms with Gasteiger partial charge in [0.15, 0.2) is 5.54 Å². The molecule has 0 aromatic carbocycles. The first kappa shape index (κ1) is 20.3. The Kier molecular flexibility index (Phi) is 3.97. The summed E-state index contributed by atoms with van der Waals surface area (Å²) >= 11 is 0. The Morgan fingerprint density at radius 2 is 1.35 bits per heavy atom. The average molecular weight is 460 g/mol. The van der Waals surface area contributed by atoms with Crippen LogP contribution >= 0.6 is 0 Å². The Bertz CT molecular complexity index is 980. The number of nitrogens with one attached hydrogen (secondary N) is 1. The Labute approximate surface area is 202 Å². The fourth-order valence-corrected chi connectivity index (χ4v) is 11.2. The Morgan fingerprint density at radius 3 is 1.82 bits per heavy atom. The maximum Gasteiger partial charge on any atom is 0.253 e. The van der Waals surface area contributed by atoms with E-state index in [4.69, 9.17) is 4.98 Å². The lowest BCUT2D eigenvalue weighted by molar-refractivity contribution is -0.202. The van der Waals surface area contributed by atoms with Crippen LogP contribution in [0.2, 0.25) is 0 Å². The van der Waals surface area contributed by atoms with Crippen molar-refractivity contribution in [1.82, 2.24) is 15.2 Å². The molecule has 9 aliphatic rings.